The molecule has 2 heterocycles. The van der Waals surface area contributed by atoms with Crippen LogP contribution in [-0.2, 0) is 0 Å². The normalized spacial score (nSPS) is 11.0. The Hall–Kier alpha value is -2.55. The summed E-state index contributed by atoms with van der Waals surface area (Å²) in [5.41, 5.74) is 3.65. The van der Waals surface area contributed by atoms with Gasteiger partial charge in [-0.05, 0) is 47.4 Å². The van der Waals surface area contributed by atoms with Crippen LogP contribution in [0.3, 0.4) is 0 Å². The lowest BCUT2D eigenvalue weighted by molar-refractivity contribution is 0.0963. The monoisotopic (exact) mass is 290 g/mol. The third-order valence-corrected chi connectivity index (χ3v) is 3.58. The first-order chi connectivity index (χ1) is 10.6. The second kappa shape index (κ2) is 6.06. The van der Waals surface area contributed by atoms with Crippen molar-refractivity contribution in [1.82, 2.24) is 9.97 Å². The Morgan fingerprint density at radius 3 is 2.50 bits per heavy atom. The number of ketones is 1. The topological polar surface area (TPSA) is 42.9 Å². The molecule has 0 atom stereocenters. The fraction of sp³-hybridized carbons (Fsp3) is 0.211. The molecule has 0 spiro atoms. The summed E-state index contributed by atoms with van der Waals surface area (Å²) in [5.74, 6) is 0.453. The molecule has 0 radical (unpaired) electrons. The van der Waals surface area contributed by atoms with Gasteiger partial charge in [0.2, 0.25) is 0 Å². The Bertz CT molecular complexity index is 810. The number of hydrogen-bond donors (Lipinski definition) is 0. The standard InChI is InChI=1S/C19H18N2O/c1-13(2)11-19(22)18-6-4-16-12-15(3-5-17(16)21-18)14-7-9-20-10-8-14/h3-10,12-13H,11H2,1-2H3. The van der Waals surface area contributed by atoms with Crippen LogP contribution in [0.2, 0.25) is 0 Å². The minimum absolute atomic E-state index is 0.107. The van der Waals surface area contributed by atoms with E-state index in [0.717, 1.165) is 22.0 Å². The molecule has 0 saturated heterocycles. The molecule has 3 nitrogen and oxygen atoms in total. The number of rotatable bonds is 4. The average molecular weight is 290 g/mol. The lowest BCUT2D eigenvalue weighted by atomic mass is 10.0. The van der Waals surface area contributed by atoms with Gasteiger partial charge < -0.3 is 0 Å². The SMILES string of the molecule is CC(C)CC(=O)c1ccc2cc(-c3ccncc3)ccc2n1. The first-order valence-corrected chi connectivity index (χ1v) is 7.48. The molecule has 0 aliphatic heterocycles. The van der Waals surface area contributed by atoms with Crippen LogP contribution in [0.1, 0.15) is 30.8 Å². The van der Waals surface area contributed by atoms with Gasteiger partial charge >= 0.3 is 0 Å². The Balaban J connectivity index is 1.97. The van der Waals surface area contributed by atoms with Gasteiger partial charge in [0, 0.05) is 24.2 Å². The van der Waals surface area contributed by atoms with Crippen molar-refractivity contribution in [3.8, 4) is 11.1 Å². The molecule has 22 heavy (non-hydrogen) atoms. The van der Waals surface area contributed by atoms with Gasteiger partial charge in [0.1, 0.15) is 5.69 Å². The van der Waals surface area contributed by atoms with Crippen molar-refractivity contribution < 1.29 is 4.79 Å². The Morgan fingerprint density at radius 1 is 1.00 bits per heavy atom. The van der Waals surface area contributed by atoms with Crippen LogP contribution in [0.4, 0.5) is 0 Å². The smallest absolute Gasteiger partial charge is 0.181 e. The molecule has 110 valence electrons. The van der Waals surface area contributed by atoms with Crippen molar-refractivity contribution in [2.24, 2.45) is 5.92 Å². The fourth-order valence-corrected chi connectivity index (χ4v) is 2.48. The third-order valence-electron chi connectivity index (χ3n) is 3.58. The maximum absolute atomic E-state index is 12.1. The number of nitrogens with zero attached hydrogens (tertiary/aromatic N) is 2. The summed E-state index contributed by atoms with van der Waals surface area (Å²) in [5, 5.41) is 1.04. The number of Topliss-reactive ketones (excluding diaryl/α,β-unsaturated/α-hetero) is 1. The number of carbonyl (C=O) groups is 1. The summed E-state index contributed by atoms with van der Waals surface area (Å²) in [6.45, 7) is 4.08. The number of benzene rings is 1. The summed E-state index contributed by atoms with van der Waals surface area (Å²) in [7, 11) is 0. The molecule has 2 aromatic heterocycles. The van der Waals surface area contributed by atoms with Crippen molar-refractivity contribution >= 4 is 16.7 Å². The first kappa shape index (κ1) is 14.4. The van der Waals surface area contributed by atoms with E-state index in [1.807, 2.05) is 50.2 Å². The van der Waals surface area contributed by atoms with E-state index in [1.165, 1.54) is 0 Å². The molecular formula is C19H18N2O. The van der Waals surface area contributed by atoms with Crippen LogP contribution in [-0.4, -0.2) is 15.8 Å². The highest BCUT2D eigenvalue weighted by atomic mass is 16.1. The highest BCUT2D eigenvalue weighted by Gasteiger charge is 2.10. The van der Waals surface area contributed by atoms with Gasteiger partial charge in [0.15, 0.2) is 5.78 Å². The maximum Gasteiger partial charge on any atom is 0.181 e. The highest BCUT2D eigenvalue weighted by Crippen LogP contribution is 2.23. The number of carbonyl (C=O) groups excluding carboxylic acids is 1. The van der Waals surface area contributed by atoms with Crippen molar-refractivity contribution in [2.75, 3.05) is 0 Å². The summed E-state index contributed by atoms with van der Waals surface area (Å²) in [6.07, 6.45) is 4.10. The number of fused-ring (bicyclic) bond motifs is 1. The van der Waals surface area contributed by atoms with Crippen LogP contribution in [0.25, 0.3) is 22.0 Å². The van der Waals surface area contributed by atoms with Crippen LogP contribution in [0.15, 0.2) is 54.9 Å². The molecule has 0 fully saturated rings. The number of pyridine rings is 2. The predicted octanol–water partition coefficient (Wildman–Crippen LogP) is 4.53. The van der Waals surface area contributed by atoms with E-state index in [1.54, 1.807) is 12.4 Å². The highest BCUT2D eigenvalue weighted by molar-refractivity contribution is 5.97. The average Bonchev–Trinajstić information content (AvgIpc) is 2.54. The van der Waals surface area contributed by atoms with Crippen molar-refractivity contribution in [3.63, 3.8) is 0 Å². The van der Waals surface area contributed by atoms with Gasteiger partial charge in [-0.25, -0.2) is 4.98 Å². The molecule has 3 aromatic rings. The maximum atomic E-state index is 12.1. The van der Waals surface area contributed by atoms with Gasteiger partial charge in [0.25, 0.3) is 0 Å². The van der Waals surface area contributed by atoms with E-state index in [-0.39, 0.29) is 5.78 Å². The fourth-order valence-electron chi connectivity index (χ4n) is 2.48. The van der Waals surface area contributed by atoms with Gasteiger partial charge in [-0.2, -0.15) is 0 Å². The van der Waals surface area contributed by atoms with Crippen LogP contribution in [0.5, 0.6) is 0 Å². The molecular weight excluding hydrogens is 272 g/mol. The Morgan fingerprint density at radius 2 is 1.77 bits per heavy atom. The van der Waals surface area contributed by atoms with E-state index in [2.05, 4.69) is 16.0 Å². The molecule has 3 heteroatoms. The van der Waals surface area contributed by atoms with Crippen LogP contribution in [0, 0.1) is 5.92 Å². The summed E-state index contributed by atoms with van der Waals surface area (Å²) in [4.78, 5) is 20.7. The van der Waals surface area contributed by atoms with Crippen molar-refractivity contribution in [1.29, 1.82) is 0 Å². The number of hydrogen-bond acceptors (Lipinski definition) is 3. The largest absolute Gasteiger partial charge is 0.292 e. The zero-order valence-electron chi connectivity index (χ0n) is 12.8. The Kier molecular flexibility index (Phi) is 3.96. The molecule has 3 rings (SSSR count). The lowest BCUT2D eigenvalue weighted by Crippen LogP contribution is -2.05. The minimum Gasteiger partial charge on any atom is -0.292 e. The van der Waals surface area contributed by atoms with Gasteiger partial charge in [-0.15, -0.1) is 0 Å². The van der Waals surface area contributed by atoms with E-state index in [9.17, 15) is 4.79 Å². The van der Waals surface area contributed by atoms with Gasteiger partial charge in [-0.3, -0.25) is 9.78 Å². The van der Waals surface area contributed by atoms with Crippen LogP contribution >= 0.6 is 0 Å². The predicted molar refractivity (Wildman–Crippen MR) is 88.8 cm³/mol. The van der Waals surface area contributed by atoms with E-state index in [4.69, 9.17) is 0 Å². The molecule has 0 saturated carbocycles. The van der Waals surface area contributed by atoms with Crippen LogP contribution < -0.4 is 0 Å². The zero-order chi connectivity index (χ0) is 15.5. The van der Waals surface area contributed by atoms with Crippen molar-refractivity contribution in [3.05, 3.63) is 60.6 Å². The molecule has 0 aliphatic carbocycles. The summed E-state index contributed by atoms with van der Waals surface area (Å²) >= 11 is 0. The van der Waals surface area contributed by atoms with E-state index in [0.29, 0.717) is 18.0 Å². The second-order valence-corrected chi connectivity index (χ2v) is 5.86. The van der Waals surface area contributed by atoms with E-state index >= 15 is 0 Å². The van der Waals surface area contributed by atoms with Gasteiger partial charge in [-0.1, -0.05) is 26.0 Å². The zero-order valence-corrected chi connectivity index (χ0v) is 12.8. The van der Waals surface area contributed by atoms with Crippen molar-refractivity contribution in [2.45, 2.75) is 20.3 Å². The molecule has 0 aliphatic rings. The molecule has 0 N–H and O–H groups in total. The summed E-state index contributed by atoms with van der Waals surface area (Å²) in [6, 6.07) is 13.8. The second-order valence-electron chi connectivity index (χ2n) is 5.86. The minimum atomic E-state index is 0.107. The molecule has 1 aromatic carbocycles. The summed E-state index contributed by atoms with van der Waals surface area (Å²) < 4.78 is 0. The molecule has 0 amide bonds. The third kappa shape index (κ3) is 3.03. The molecule has 0 bridgehead atoms. The van der Waals surface area contributed by atoms with E-state index < -0.39 is 0 Å². The Labute approximate surface area is 130 Å². The molecule has 0 unspecified atom stereocenters. The quantitative estimate of drug-likeness (QED) is 0.663. The van der Waals surface area contributed by atoms with Gasteiger partial charge in [0.05, 0.1) is 5.52 Å². The lowest BCUT2D eigenvalue weighted by Gasteiger charge is -2.06. The first-order valence-electron chi connectivity index (χ1n) is 7.48. The number of aromatic nitrogens is 2.